The Balaban J connectivity index is 2.02. The molecule has 0 spiro atoms. The molecule has 0 N–H and O–H groups in total. The Hall–Kier alpha value is -2.35. The van der Waals surface area contributed by atoms with Crippen molar-refractivity contribution in [2.24, 2.45) is 0 Å². The number of ether oxygens (including phenoxy) is 4. The molecule has 0 saturated heterocycles. The fourth-order valence-electron chi connectivity index (χ4n) is 3.06. The summed E-state index contributed by atoms with van der Waals surface area (Å²) in [5.74, 6) is -0.832. The molecule has 0 radical (unpaired) electrons. The standard InChI is InChI=1S/C21H30FNO6/c1-21(2,3)29-18(25)8-7-17(24)23-12-14-11-16(27-5)20(19(22)15(14)13-23)28-10-6-9-26-4/h11H,6-10,12-13H2,1-5H3. The van der Waals surface area contributed by atoms with Gasteiger partial charge in [0.25, 0.3) is 0 Å². The van der Waals surface area contributed by atoms with Gasteiger partial charge in [-0.05, 0) is 32.4 Å². The average molecular weight is 411 g/mol. The zero-order valence-electron chi connectivity index (χ0n) is 17.8. The molecule has 0 bridgehead atoms. The van der Waals surface area contributed by atoms with Gasteiger partial charge in [0.1, 0.15) is 5.60 Å². The van der Waals surface area contributed by atoms with E-state index in [2.05, 4.69) is 0 Å². The maximum atomic E-state index is 15.0. The molecule has 1 aromatic carbocycles. The summed E-state index contributed by atoms with van der Waals surface area (Å²) < 4.78 is 36.0. The number of carbonyl (C=O) groups excluding carboxylic acids is 2. The Morgan fingerprint density at radius 3 is 2.48 bits per heavy atom. The van der Waals surface area contributed by atoms with Gasteiger partial charge in [0.15, 0.2) is 17.3 Å². The van der Waals surface area contributed by atoms with Crippen LogP contribution < -0.4 is 9.47 Å². The van der Waals surface area contributed by atoms with Gasteiger partial charge in [-0.15, -0.1) is 0 Å². The van der Waals surface area contributed by atoms with E-state index in [0.29, 0.717) is 36.5 Å². The number of hydrogen-bond acceptors (Lipinski definition) is 6. The predicted octanol–water partition coefficient (Wildman–Crippen LogP) is 3.21. The summed E-state index contributed by atoms with van der Waals surface area (Å²) in [4.78, 5) is 25.8. The quantitative estimate of drug-likeness (QED) is 0.459. The second-order valence-corrected chi connectivity index (χ2v) is 7.89. The lowest BCUT2D eigenvalue weighted by atomic mass is 10.1. The minimum Gasteiger partial charge on any atom is -0.493 e. The molecule has 29 heavy (non-hydrogen) atoms. The molecule has 1 aromatic rings. The molecule has 1 aliphatic heterocycles. The van der Waals surface area contributed by atoms with E-state index < -0.39 is 17.4 Å². The van der Waals surface area contributed by atoms with Crippen LogP contribution in [0.4, 0.5) is 4.39 Å². The molecule has 0 unspecified atom stereocenters. The fraction of sp³-hybridized carbons (Fsp3) is 0.619. The zero-order valence-corrected chi connectivity index (χ0v) is 17.8. The van der Waals surface area contributed by atoms with Crippen LogP contribution in [0.2, 0.25) is 0 Å². The number of methoxy groups -OCH3 is 2. The third-order valence-corrected chi connectivity index (χ3v) is 4.37. The van der Waals surface area contributed by atoms with E-state index in [1.807, 2.05) is 0 Å². The van der Waals surface area contributed by atoms with Gasteiger partial charge in [-0.25, -0.2) is 4.39 Å². The van der Waals surface area contributed by atoms with Crippen molar-refractivity contribution in [3.63, 3.8) is 0 Å². The van der Waals surface area contributed by atoms with Crippen LogP contribution in [0.1, 0.15) is 51.2 Å². The van der Waals surface area contributed by atoms with E-state index in [-0.39, 0.29) is 37.6 Å². The lowest BCUT2D eigenvalue weighted by Gasteiger charge is -2.20. The van der Waals surface area contributed by atoms with E-state index in [4.69, 9.17) is 18.9 Å². The zero-order chi connectivity index (χ0) is 21.6. The second-order valence-electron chi connectivity index (χ2n) is 7.89. The van der Waals surface area contributed by atoms with E-state index >= 15 is 4.39 Å². The summed E-state index contributed by atoms with van der Waals surface area (Å²) >= 11 is 0. The fourth-order valence-corrected chi connectivity index (χ4v) is 3.06. The van der Waals surface area contributed by atoms with Crippen LogP contribution in [-0.2, 0) is 32.2 Å². The van der Waals surface area contributed by atoms with E-state index in [9.17, 15) is 9.59 Å². The number of carbonyl (C=O) groups is 2. The van der Waals surface area contributed by atoms with Gasteiger partial charge in [0.05, 0.1) is 20.1 Å². The van der Waals surface area contributed by atoms with Gasteiger partial charge in [0.2, 0.25) is 5.91 Å². The van der Waals surface area contributed by atoms with E-state index in [1.165, 1.54) is 12.0 Å². The van der Waals surface area contributed by atoms with Crippen molar-refractivity contribution in [1.82, 2.24) is 4.90 Å². The normalized spacial score (nSPS) is 13.2. The van der Waals surface area contributed by atoms with Crippen molar-refractivity contribution in [2.75, 3.05) is 27.4 Å². The molecule has 0 aromatic heterocycles. The number of amides is 1. The highest BCUT2D eigenvalue weighted by Crippen LogP contribution is 2.39. The minimum absolute atomic E-state index is 0.0113. The van der Waals surface area contributed by atoms with Crippen LogP contribution in [0.25, 0.3) is 0 Å². The first-order chi connectivity index (χ1) is 13.7. The van der Waals surface area contributed by atoms with E-state index in [1.54, 1.807) is 33.9 Å². The Kier molecular flexibility index (Phi) is 7.84. The highest BCUT2D eigenvalue weighted by atomic mass is 19.1. The highest BCUT2D eigenvalue weighted by molar-refractivity contribution is 5.82. The maximum absolute atomic E-state index is 15.0. The first kappa shape index (κ1) is 22.9. The van der Waals surface area contributed by atoms with Crippen molar-refractivity contribution in [3.05, 3.63) is 23.0 Å². The summed E-state index contributed by atoms with van der Waals surface area (Å²) in [7, 11) is 3.03. The second kappa shape index (κ2) is 9.91. The molecular weight excluding hydrogens is 381 g/mol. The SMILES string of the molecule is COCCCOc1c(OC)cc2c(c1F)CN(C(=O)CCC(=O)OC(C)(C)C)C2. The summed E-state index contributed by atoms with van der Waals surface area (Å²) in [6.07, 6.45) is 0.621. The maximum Gasteiger partial charge on any atom is 0.306 e. The lowest BCUT2D eigenvalue weighted by molar-refractivity contribution is -0.156. The molecule has 0 atom stereocenters. The Morgan fingerprint density at radius 2 is 1.86 bits per heavy atom. The molecule has 1 aliphatic rings. The summed E-state index contributed by atoms with van der Waals surface area (Å²) in [6.45, 7) is 6.51. The molecule has 8 heteroatoms. The molecule has 2 rings (SSSR count). The van der Waals surface area contributed by atoms with Crippen LogP contribution in [0.15, 0.2) is 6.07 Å². The smallest absolute Gasteiger partial charge is 0.306 e. The predicted molar refractivity (Wildman–Crippen MR) is 104 cm³/mol. The Labute approximate surface area is 171 Å². The number of rotatable bonds is 9. The minimum atomic E-state index is -0.594. The number of halogens is 1. The third kappa shape index (κ3) is 6.32. The summed E-state index contributed by atoms with van der Waals surface area (Å²) in [5.41, 5.74) is 0.496. The first-order valence-electron chi connectivity index (χ1n) is 9.66. The van der Waals surface area contributed by atoms with Crippen LogP contribution in [0.5, 0.6) is 11.5 Å². The number of esters is 1. The largest absolute Gasteiger partial charge is 0.493 e. The van der Waals surface area contributed by atoms with Crippen molar-refractivity contribution in [3.8, 4) is 11.5 Å². The Morgan fingerprint density at radius 1 is 1.14 bits per heavy atom. The Bertz CT molecular complexity index is 744. The molecule has 1 heterocycles. The van der Waals surface area contributed by atoms with Crippen LogP contribution in [0.3, 0.4) is 0 Å². The molecular formula is C21H30FNO6. The van der Waals surface area contributed by atoms with Crippen LogP contribution >= 0.6 is 0 Å². The number of benzene rings is 1. The molecule has 0 saturated carbocycles. The van der Waals surface area contributed by atoms with Gasteiger partial charge in [-0.2, -0.15) is 0 Å². The van der Waals surface area contributed by atoms with Crippen molar-refractivity contribution in [1.29, 1.82) is 0 Å². The molecule has 1 amide bonds. The summed E-state index contributed by atoms with van der Waals surface area (Å²) in [6, 6.07) is 1.70. The molecule has 0 aliphatic carbocycles. The average Bonchev–Trinajstić information content (AvgIpc) is 3.07. The van der Waals surface area contributed by atoms with Crippen molar-refractivity contribution in [2.45, 2.75) is 58.7 Å². The molecule has 162 valence electrons. The van der Waals surface area contributed by atoms with Gasteiger partial charge < -0.3 is 23.8 Å². The topological polar surface area (TPSA) is 74.3 Å². The van der Waals surface area contributed by atoms with Gasteiger partial charge in [-0.3, -0.25) is 9.59 Å². The lowest BCUT2D eigenvalue weighted by Crippen LogP contribution is -2.28. The first-order valence-corrected chi connectivity index (χ1v) is 9.66. The number of fused-ring (bicyclic) bond motifs is 1. The van der Waals surface area contributed by atoms with Crippen molar-refractivity contribution >= 4 is 11.9 Å². The van der Waals surface area contributed by atoms with Gasteiger partial charge in [0, 0.05) is 45.2 Å². The van der Waals surface area contributed by atoms with Gasteiger partial charge >= 0.3 is 5.97 Å². The van der Waals surface area contributed by atoms with Crippen LogP contribution in [0, 0.1) is 5.82 Å². The highest BCUT2D eigenvalue weighted by Gasteiger charge is 2.30. The number of nitrogens with zero attached hydrogens (tertiary/aromatic N) is 1. The number of hydrogen-bond donors (Lipinski definition) is 0. The monoisotopic (exact) mass is 411 g/mol. The molecule has 0 fully saturated rings. The van der Waals surface area contributed by atoms with Crippen molar-refractivity contribution < 1.29 is 32.9 Å². The van der Waals surface area contributed by atoms with Gasteiger partial charge in [-0.1, -0.05) is 0 Å². The van der Waals surface area contributed by atoms with Crippen LogP contribution in [-0.4, -0.2) is 49.8 Å². The summed E-state index contributed by atoms with van der Waals surface area (Å²) in [5, 5.41) is 0. The third-order valence-electron chi connectivity index (χ3n) is 4.37. The van der Waals surface area contributed by atoms with E-state index in [0.717, 1.165) is 0 Å². The molecule has 7 nitrogen and oxygen atoms in total.